The molecule has 0 saturated carbocycles. The van der Waals surface area contributed by atoms with E-state index in [0.29, 0.717) is 13.0 Å². The second-order valence-electron chi connectivity index (χ2n) is 6.43. The Morgan fingerprint density at radius 3 is 2.70 bits per heavy atom. The van der Waals surface area contributed by atoms with E-state index in [4.69, 9.17) is 0 Å². The van der Waals surface area contributed by atoms with Crippen LogP contribution in [-0.4, -0.2) is 29.8 Å². The number of carbonyl (C=O) groups excluding carboxylic acids is 2. The molecule has 1 aromatic carbocycles. The topological polar surface area (TPSA) is 49.4 Å². The first kappa shape index (κ1) is 14.6. The molecule has 0 radical (unpaired) electrons. The molecule has 0 aliphatic carbocycles. The Morgan fingerprint density at radius 2 is 1.96 bits per heavy atom. The average molecular weight is 326 g/mol. The summed E-state index contributed by atoms with van der Waals surface area (Å²) in [4.78, 5) is 28.4. The minimum atomic E-state index is -0.476. The minimum Gasteiger partial charge on any atom is -0.297 e. The summed E-state index contributed by atoms with van der Waals surface area (Å²) in [6.45, 7) is 2.41. The number of rotatable bonds is 3. The van der Waals surface area contributed by atoms with Gasteiger partial charge in [0.05, 0.1) is 5.41 Å². The second-order valence-corrected chi connectivity index (χ2v) is 7.60. The summed E-state index contributed by atoms with van der Waals surface area (Å²) in [5.41, 5.74) is 0.763. The van der Waals surface area contributed by atoms with Gasteiger partial charge in [-0.1, -0.05) is 30.3 Å². The Hall–Kier alpha value is -1.98. The molecule has 1 spiro atoms. The van der Waals surface area contributed by atoms with Crippen LogP contribution in [0.1, 0.15) is 17.7 Å². The van der Waals surface area contributed by atoms with Crippen LogP contribution < -0.4 is 5.32 Å². The number of hydrogen-bond donors (Lipinski definition) is 1. The number of carbonyl (C=O) groups is 2. The fourth-order valence-electron chi connectivity index (χ4n) is 3.55. The van der Waals surface area contributed by atoms with Crippen molar-refractivity contribution in [2.75, 3.05) is 13.1 Å². The van der Waals surface area contributed by atoms with E-state index < -0.39 is 5.41 Å². The number of benzene rings is 1. The molecule has 2 aliphatic heterocycles. The molecule has 2 aromatic rings. The highest BCUT2D eigenvalue weighted by molar-refractivity contribution is 7.15. The SMILES string of the molecule is O=C1C[C@@]2(CCN(Cc3ccc(-c4ccccc4)s3)C2)C(=O)N1. The second kappa shape index (κ2) is 5.58. The summed E-state index contributed by atoms with van der Waals surface area (Å²) in [7, 11) is 0. The van der Waals surface area contributed by atoms with E-state index in [2.05, 4.69) is 46.6 Å². The smallest absolute Gasteiger partial charge is 0.234 e. The average Bonchev–Trinajstić information content (AvgIpc) is 3.23. The summed E-state index contributed by atoms with van der Waals surface area (Å²) in [5.74, 6) is -0.208. The molecule has 1 N–H and O–H groups in total. The van der Waals surface area contributed by atoms with Crippen molar-refractivity contribution in [2.45, 2.75) is 19.4 Å². The fraction of sp³-hybridized carbons (Fsp3) is 0.333. The van der Waals surface area contributed by atoms with E-state index in [1.807, 2.05) is 6.07 Å². The molecule has 0 bridgehead atoms. The molecule has 1 aromatic heterocycles. The van der Waals surface area contributed by atoms with E-state index in [9.17, 15) is 9.59 Å². The molecule has 4 rings (SSSR count). The molecular formula is C18H18N2O2S. The number of likely N-dealkylation sites (tertiary alicyclic amines) is 1. The fourth-order valence-corrected chi connectivity index (χ4v) is 4.61. The summed E-state index contributed by atoms with van der Waals surface area (Å²) in [6, 6.07) is 14.7. The third-order valence-corrected chi connectivity index (χ3v) is 5.88. The zero-order valence-corrected chi connectivity index (χ0v) is 13.6. The maximum absolute atomic E-state index is 12.0. The zero-order chi connectivity index (χ0) is 15.9. The van der Waals surface area contributed by atoms with E-state index in [1.165, 1.54) is 15.3 Å². The normalized spacial score (nSPS) is 24.5. The standard InChI is InChI=1S/C18H18N2O2S/c21-16-10-18(17(22)19-16)8-9-20(12-18)11-14-6-7-15(23-14)13-4-2-1-3-5-13/h1-7H,8-12H2,(H,19,21,22)/t18-/m1/s1. The van der Waals surface area contributed by atoms with Crippen molar-refractivity contribution >= 4 is 23.2 Å². The molecular weight excluding hydrogens is 308 g/mol. The molecule has 23 heavy (non-hydrogen) atoms. The lowest BCUT2D eigenvalue weighted by molar-refractivity contribution is -0.128. The van der Waals surface area contributed by atoms with Gasteiger partial charge in [-0.15, -0.1) is 11.3 Å². The van der Waals surface area contributed by atoms with Crippen molar-refractivity contribution in [1.29, 1.82) is 0 Å². The van der Waals surface area contributed by atoms with Crippen LogP contribution in [0.4, 0.5) is 0 Å². The van der Waals surface area contributed by atoms with Crippen molar-refractivity contribution in [3.63, 3.8) is 0 Å². The first-order valence-corrected chi connectivity index (χ1v) is 8.67. The van der Waals surface area contributed by atoms with Gasteiger partial charge in [-0.2, -0.15) is 0 Å². The molecule has 2 aliphatic rings. The number of hydrogen-bond acceptors (Lipinski definition) is 4. The molecule has 2 fully saturated rings. The quantitative estimate of drug-likeness (QED) is 0.882. The molecule has 0 unspecified atom stereocenters. The summed E-state index contributed by atoms with van der Waals surface area (Å²) in [5, 5.41) is 2.46. The highest BCUT2D eigenvalue weighted by Crippen LogP contribution is 2.39. The highest BCUT2D eigenvalue weighted by atomic mass is 32.1. The third kappa shape index (κ3) is 2.71. The Bertz CT molecular complexity index is 755. The van der Waals surface area contributed by atoms with Gasteiger partial charge in [0.2, 0.25) is 11.8 Å². The predicted molar refractivity (Wildman–Crippen MR) is 89.8 cm³/mol. The van der Waals surface area contributed by atoms with Gasteiger partial charge in [0.15, 0.2) is 0 Å². The van der Waals surface area contributed by atoms with Crippen LogP contribution in [0.15, 0.2) is 42.5 Å². The monoisotopic (exact) mass is 326 g/mol. The molecule has 2 amide bonds. The molecule has 3 heterocycles. The van der Waals surface area contributed by atoms with Crippen LogP contribution in [0, 0.1) is 5.41 Å². The van der Waals surface area contributed by atoms with Crippen molar-refractivity contribution < 1.29 is 9.59 Å². The van der Waals surface area contributed by atoms with Gasteiger partial charge in [0.1, 0.15) is 0 Å². The van der Waals surface area contributed by atoms with E-state index in [-0.39, 0.29) is 11.8 Å². The van der Waals surface area contributed by atoms with Gasteiger partial charge in [0.25, 0.3) is 0 Å². The summed E-state index contributed by atoms with van der Waals surface area (Å²) >= 11 is 1.80. The summed E-state index contributed by atoms with van der Waals surface area (Å²) in [6.07, 6.45) is 1.13. The van der Waals surface area contributed by atoms with Crippen molar-refractivity contribution in [2.24, 2.45) is 5.41 Å². The van der Waals surface area contributed by atoms with Gasteiger partial charge >= 0.3 is 0 Å². The van der Waals surface area contributed by atoms with Crippen LogP contribution in [0.2, 0.25) is 0 Å². The van der Waals surface area contributed by atoms with Crippen molar-refractivity contribution in [1.82, 2.24) is 10.2 Å². The van der Waals surface area contributed by atoms with Crippen LogP contribution in [0.5, 0.6) is 0 Å². The number of nitrogens with zero attached hydrogens (tertiary/aromatic N) is 1. The van der Waals surface area contributed by atoms with Crippen LogP contribution >= 0.6 is 11.3 Å². The highest BCUT2D eigenvalue weighted by Gasteiger charge is 2.50. The Labute approximate surface area is 139 Å². The minimum absolute atomic E-state index is 0.0823. The number of imide groups is 1. The maximum Gasteiger partial charge on any atom is 0.234 e. The molecule has 1 atom stereocenters. The van der Waals surface area contributed by atoms with Crippen LogP contribution in [-0.2, 0) is 16.1 Å². The Morgan fingerprint density at radius 1 is 1.13 bits per heavy atom. The van der Waals surface area contributed by atoms with Gasteiger partial charge in [-0.3, -0.25) is 19.8 Å². The summed E-state index contributed by atoms with van der Waals surface area (Å²) < 4.78 is 0. The van der Waals surface area contributed by atoms with Crippen LogP contribution in [0.25, 0.3) is 10.4 Å². The number of amides is 2. The molecule has 4 nitrogen and oxygen atoms in total. The van der Waals surface area contributed by atoms with Crippen LogP contribution in [0.3, 0.4) is 0 Å². The molecule has 5 heteroatoms. The van der Waals surface area contributed by atoms with Gasteiger partial charge < -0.3 is 0 Å². The largest absolute Gasteiger partial charge is 0.297 e. The maximum atomic E-state index is 12.0. The lowest BCUT2D eigenvalue weighted by atomic mass is 9.85. The van der Waals surface area contributed by atoms with Gasteiger partial charge in [-0.25, -0.2) is 0 Å². The van der Waals surface area contributed by atoms with E-state index in [0.717, 1.165) is 19.5 Å². The first-order chi connectivity index (χ1) is 11.1. The Kier molecular flexibility index (Phi) is 3.54. The Balaban J connectivity index is 1.45. The van der Waals surface area contributed by atoms with Gasteiger partial charge in [0, 0.05) is 29.3 Å². The van der Waals surface area contributed by atoms with Crippen molar-refractivity contribution in [3.05, 3.63) is 47.3 Å². The van der Waals surface area contributed by atoms with Gasteiger partial charge in [-0.05, 0) is 30.7 Å². The zero-order valence-electron chi connectivity index (χ0n) is 12.7. The predicted octanol–water partition coefficient (Wildman–Crippen LogP) is 2.65. The van der Waals surface area contributed by atoms with E-state index in [1.54, 1.807) is 11.3 Å². The molecule has 2 saturated heterocycles. The third-order valence-electron chi connectivity index (χ3n) is 4.77. The van der Waals surface area contributed by atoms with E-state index >= 15 is 0 Å². The van der Waals surface area contributed by atoms with Crippen molar-refractivity contribution in [3.8, 4) is 10.4 Å². The lowest BCUT2D eigenvalue weighted by Gasteiger charge is -2.19. The first-order valence-electron chi connectivity index (χ1n) is 7.85. The number of thiophene rings is 1. The number of nitrogens with one attached hydrogen (secondary N) is 1. The molecule has 118 valence electrons. The lowest BCUT2D eigenvalue weighted by Crippen LogP contribution is -2.34.